The first-order valence-corrected chi connectivity index (χ1v) is 7.56. The van der Waals surface area contributed by atoms with E-state index in [1.165, 1.54) is 22.2 Å². The maximum atomic E-state index is 3.51. The van der Waals surface area contributed by atoms with Gasteiger partial charge in [0.1, 0.15) is 0 Å². The van der Waals surface area contributed by atoms with Crippen molar-refractivity contribution in [3.8, 4) is 0 Å². The summed E-state index contributed by atoms with van der Waals surface area (Å²) < 4.78 is 3.41. The number of nitrogens with zero attached hydrogens (tertiary/aromatic N) is 1. The lowest BCUT2D eigenvalue weighted by molar-refractivity contribution is 0.757. The zero-order chi connectivity index (χ0) is 13.9. The first-order chi connectivity index (χ1) is 9.72. The van der Waals surface area contributed by atoms with Crippen molar-refractivity contribution >= 4 is 32.5 Å². The molecular formula is C17H17BrN2. The van der Waals surface area contributed by atoms with Crippen molar-refractivity contribution in [2.24, 2.45) is 0 Å². The molecule has 0 aliphatic rings. The number of halogens is 1. The van der Waals surface area contributed by atoms with Gasteiger partial charge in [0.25, 0.3) is 0 Å². The van der Waals surface area contributed by atoms with E-state index >= 15 is 0 Å². The molecule has 0 aliphatic carbocycles. The number of aryl methyl sites for hydroxylation is 1. The minimum Gasteiger partial charge on any atom is -0.383 e. The molecule has 1 aromatic heterocycles. The van der Waals surface area contributed by atoms with Crippen molar-refractivity contribution in [1.29, 1.82) is 0 Å². The van der Waals surface area contributed by atoms with Crippen LogP contribution in [-0.4, -0.2) is 11.1 Å². The van der Waals surface area contributed by atoms with Crippen LogP contribution in [0.5, 0.6) is 0 Å². The first-order valence-electron chi connectivity index (χ1n) is 6.77. The maximum Gasteiger partial charge on any atom is 0.0481 e. The Hall–Kier alpha value is -1.74. The molecule has 2 aromatic carbocycles. The van der Waals surface area contributed by atoms with Gasteiger partial charge >= 0.3 is 0 Å². The maximum absolute atomic E-state index is 3.51. The third-order valence-corrected chi connectivity index (χ3v) is 3.96. The molecule has 2 nitrogen and oxygen atoms in total. The van der Waals surface area contributed by atoms with Crippen LogP contribution in [0.4, 0.5) is 5.69 Å². The molecule has 0 saturated heterocycles. The van der Waals surface area contributed by atoms with Crippen LogP contribution in [0.15, 0.2) is 59.2 Å². The third kappa shape index (κ3) is 2.88. The normalized spacial score (nSPS) is 10.9. The molecule has 0 saturated carbocycles. The summed E-state index contributed by atoms with van der Waals surface area (Å²) in [5.74, 6) is 0. The van der Waals surface area contributed by atoms with Gasteiger partial charge in [0, 0.05) is 40.3 Å². The summed E-state index contributed by atoms with van der Waals surface area (Å²) in [5, 5.41) is 4.73. The zero-order valence-corrected chi connectivity index (χ0v) is 13.0. The van der Waals surface area contributed by atoms with Gasteiger partial charge in [0.2, 0.25) is 0 Å². The number of hydrogen-bond donors (Lipinski definition) is 1. The highest BCUT2D eigenvalue weighted by Crippen LogP contribution is 2.20. The smallest absolute Gasteiger partial charge is 0.0481 e. The van der Waals surface area contributed by atoms with Crippen molar-refractivity contribution in [2.75, 3.05) is 11.9 Å². The first kappa shape index (κ1) is 13.3. The number of fused-ring (bicyclic) bond motifs is 1. The molecule has 1 heterocycles. The molecule has 3 aromatic rings. The molecule has 3 heteroatoms. The van der Waals surface area contributed by atoms with Crippen LogP contribution in [-0.2, 0) is 6.54 Å². The third-order valence-electron chi connectivity index (χ3n) is 3.47. The lowest BCUT2D eigenvalue weighted by atomic mass is 10.2. The van der Waals surface area contributed by atoms with Gasteiger partial charge in [-0.05, 0) is 43.3 Å². The lowest BCUT2D eigenvalue weighted by Gasteiger charge is -2.09. The Kier molecular flexibility index (Phi) is 3.79. The molecule has 102 valence electrons. The second-order valence-electron chi connectivity index (χ2n) is 5.01. The van der Waals surface area contributed by atoms with Crippen LogP contribution in [0, 0.1) is 6.92 Å². The summed E-state index contributed by atoms with van der Waals surface area (Å²) in [6.45, 7) is 3.98. The van der Waals surface area contributed by atoms with Crippen LogP contribution < -0.4 is 5.32 Å². The molecule has 3 rings (SSSR count). The summed E-state index contributed by atoms with van der Waals surface area (Å²) in [6.07, 6.45) is 2.15. The summed E-state index contributed by atoms with van der Waals surface area (Å²) in [6, 6.07) is 17.1. The van der Waals surface area contributed by atoms with E-state index in [1.54, 1.807) is 0 Å². The minimum absolute atomic E-state index is 0.920. The molecule has 1 N–H and O–H groups in total. The Morgan fingerprint density at radius 1 is 1.05 bits per heavy atom. The average molecular weight is 329 g/mol. The molecule has 0 radical (unpaired) electrons. The summed E-state index contributed by atoms with van der Waals surface area (Å²) >= 11 is 3.51. The van der Waals surface area contributed by atoms with E-state index in [-0.39, 0.29) is 0 Å². The predicted molar refractivity (Wildman–Crippen MR) is 89.3 cm³/mol. The van der Waals surface area contributed by atoms with Crippen LogP contribution in [0.3, 0.4) is 0 Å². The number of anilines is 1. The van der Waals surface area contributed by atoms with Crippen LogP contribution in [0.1, 0.15) is 5.56 Å². The molecule has 0 bridgehead atoms. The van der Waals surface area contributed by atoms with Gasteiger partial charge in [-0.1, -0.05) is 33.6 Å². The molecule has 0 aliphatic heterocycles. The summed E-state index contributed by atoms with van der Waals surface area (Å²) in [4.78, 5) is 0. The number of benzene rings is 2. The highest BCUT2D eigenvalue weighted by molar-refractivity contribution is 9.10. The van der Waals surface area contributed by atoms with Crippen LogP contribution >= 0.6 is 15.9 Å². The topological polar surface area (TPSA) is 17.0 Å². The molecule has 0 fully saturated rings. The van der Waals surface area contributed by atoms with E-state index < -0.39 is 0 Å². The molecule has 20 heavy (non-hydrogen) atoms. The van der Waals surface area contributed by atoms with Gasteiger partial charge in [-0.15, -0.1) is 0 Å². The van der Waals surface area contributed by atoms with Crippen molar-refractivity contribution in [2.45, 2.75) is 13.5 Å². The van der Waals surface area contributed by atoms with E-state index in [0.717, 1.165) is 17.6 Å². The predicted octanol–water partition coefficient (Wildman–Crippen LogP) is 4.82. The summed E-state index contributed by atoms with van der Waals surface area (Å²) in [7, 11) is 0. The minimum atomic E-state index is 0.920. The van der Waals surface area contributed by atoms with Gasteiger partial charge < -0.3 is 9.88 Å². The van der Waals surface area contributed by atoms with Crippen LogP contribution in [0.25, 0.3) is 10.9 Å². The van der Waals surface area contributed by atoms with Gasteiger partial charge in [0.05, 0.1) is 0 Å². The molecule has 0 amide bonds. The highest BCUT2D eigenvalue weighted by atomic mass is 79.9. The molecule has 0 spiro atoms. The van der Waals surface area contributed by atoms with Crippen molar-refractivity contribution in [1.82, 2.24) is 4.57 Å². The monoisotopic (exact) mass is 328 g/mol. The highest BCUT2D eigenvalue weighted by Gasteiger charge is 2.01. The number of rotatable bonds is 4. The SMILES string of the molecule is Cc1ccc(NCCn2ccc3cc(Br)ccc32)cc1. The standard InChI is InChI=1S/C17H17BrN2/c1-13-2-5-16(6-3-13)19-9-11-20-10-8-14-12-15(18)4-7-17(14)20/h2-8,10,12,19H,9,11H2,1H3. The van der Waals surface area contributed by atoms with E-state index in [0.29, 0.717) is 0 Å². The van der Waals surface area contributed by atoms with E-state index in [4.69, 9.17) is 0 Å². The fraction of sp³-hybridized carbons (Fsp3) is 0.176. The van der Waals surface area contributed by atoms with Gasteiger partial charge in [-0.2, -0.15) is 0 Å². The second-order valence-corrected chi connectivity index (χ2v) is 5.92. The van der Waals surface area contributed by atoms with E-state index in [2.05, 4.69) is 87.5 Å². The second kappa shape index (κ2) is 5.71. The largest absolute Gasteiger partial charge is 0.383 e. The molecular weight excluding hydrogens is 312 g/mol. The fourth-order valence-electron chi connectivity index (χ4n) is 2.36. The number of nitrogens with one attached hydrogen (secondary N) is 1. The van der Waals surface area contributed by atoms with Gasteiger partial charge in [-0.25, -0.2) is 0 Å². The zero-order valence-electron chi connectivity index (χ0n) is 11.4. The van der Waals surface area contributed by atoms with E-state index in [9.17, 15) is 0 Å². The Morgan fingerprint density at radius 3 is 2.65 bits per heavy atom. The Morgan fingerprint density at radius 2 is 1.85 bits per heavy atom. The Bertz CT molecular complexity index is 713. The van der Waals surface area contributed by atoms with Gasteiger partial charge in [0.15, 0.2) is 0 Å². The Labute approximate surface area is 127 Å². The van der Waals surface area contributed by atoms with E-state index in [1.807, 2.05) is 0 Å². The van der Waals surface area contributed by atoms with Crippen molar-refractivity contribution in [3.05, 3.63) is 64.8 Å². The molecule has 0 atom stereocenters. The number of hydrogen-bond acceptors (Lipinski definition) is 1. The Balaban J connectivity index is 1.66. The molecule has 0 unspecified atom stereocenters. The van der Waals surface area contributed by atoms with Crippen molar-refractivity contribution in [3.63, 3.8) is 0 Å². The average Bonchev–Trinajstić information content (AvgIpc) is 2.83. The fourth-order valence-corrected chi connectivity index (χ4v) is 2.74. The van der Waals surface area contributed by atoms with Crippen molar-refractivity contribution < 1.29 is 0 Å². The number of aromatic nitrogens is 1. The van der Waals surface area contributed by atoms with Crippen LogP contribution in [0.2, 0.25) is 0 Å². The lowest BCUT2D eigenvalue weighted by Crippen LogP contribution is -2.09. The summed E-state index contributed by atoms with van der Waals surface area (Å²) in [5.41, 5.74) is 3.74. The quantitative estimate of drug-likeness (QED) is 0.726. The van der Waals surface area contributed by atoms with Gasteiger partial charge in [-0.3, -0.25) is 0 Å².